The molecule has 4 nitrogen and oxygen atoms in total. The molecule has 2 unspecified atom stereocenters. The summed E-state index contributed by atoms with van der Waals surface area (Å²) in [4.78, 5) is -0.608. The van der Waals surface area contributed by atoms with Gasteiger partial charge in [0, 0.05) is 18.6 Å². The summed E-state index contributed by atoms with van der Waals surface area (Å²) in [5.41, 5.74) is 5.87. The van der Waals surface area contributed by atoms with E-state index in [2.05, 4.69) is 0 Å². The van der Waals surface area contributed by atoms with E-state index in [9.17, 15) is 17.2 Å². The van der Waals surface area contributed by atoms with Gasteiger partial charge in [-0.3, -0.25) is 0 Å². The molecule has 112 valence electrons. The summed E-state index contributed by atoms with van der Waals surface area (Å²) in [6.45, 7) is 3.33. The highest BCUT2D eigenvalue weighted by Gasteiger charge is 2.35. The Balaban J connectivity index is 2.43. The molecular weight excluding hydrogens is 286 g/mol. The second-order valence-corrected chi connectivity index (χ2v) is 7.14. The van der Waals surface area contributed by atoms with Crippen LogP contribution in [0.3, 0.4) is 0 Å². The first-order chi connectivity index (χ1) is 9.23. The van der Waals surface area contributed by atoms with Gasteiger partial charge in [0.15, 0.2) is 0 Å². The summed E-state index contributed by atoms with van der Waals surface area (Å²) >= 11 is 0. The Bertz CT molecular complexity index is 619. The Kier molecular flexibility index (Phi) is 4.13. The summed E-state index contributed by atoms with van der Waals surface area (Å²) in [7, 11) is -4.04. The van der Waals surface area contributed by atoms with Gasteiger partial charge in [-0.2, -0.15) is 4.31 Å². The predicted molar refractivity (Wildman–Crippen MR) is 71.7 cm³/mol. The van der Waals surface area contributed by atoms with Crippen molar-refractivity contribution in [3.8, 4) is 0 Å². The molecule has 0 aromatic heterocycles. The van der Waals surface area contributed by atoms with Crippen LogP contribution in [-0.2, 0) is 10.0 Å². The van der Waals surface area contributed by atoms with E-state index in [1.807, 2.05) is 0 Å². The third-order valence-electron chi connectivity index (χ3n) is 3.66. The Morgan fingerprint density at radius 1 is 1.30 bits per heavy atom. The fraction of sp³-hybridized carbons (Fsp3) is 0.538. The molecule has 2 N–H and O–H groups in total. The molecule has 0 radical (unpaired) electrons. The molecule has 1 saturated heterocycles. The van der Waals surface area contributed by atoms with Crippen molar-refractivity contribution in [3.05, 3.63) is 29.3 Å². The van der Waals surface area contributed by atoms with Crippen molar-refractivity contribution in [1.82, 2.24) is 4.31 Å². The zero-order valence-corrected chi connectivity index (χ0v) is 12.3. The lowest BCUT2D eigenvalue weighted by Crippen LogP contribution is -2.48. The SMILES string of the molecule is Cc1cc(F)c(S(=O)(=O)N2CCC(N)CC2C)cc1F. The summed E-state index contributed by atoms with van der Waals surface area (Å²) < 4.78 is 53.6. The van der Waals surface area contributed by atoms with Gasteiger partial charge in [0.25, 0.3) is 0 Å². The quantitative estimate of drug-likeness (QED) is 0.906. The fourth-order valence-corrected chi connectivity index (χ4v) is 4.21. The molecule has 20 heavy (non-hydrogen) atoms. The van der Waals surface area contributed by atoms with E-state index in [4.69, 9.17) is 5.73 Å². The lowest BCUT2D eigenvalue weighted by Gasteiger charge is -2.35. The number of hydrogen-bond donors (Lipinski definition) is 1. The Morgan fingerprint density at radius 3 is 2.55 bits per heavy atom. The topological polar surface area (TPSA) is 63.4 Å². The van der Waals surface area contributed by atoms with Crippen molar-refractivity contribution >= 4 is 10.0 Å². The van der Waals surface area contributed by atoms with Gasteiger partial charge in [-0.1, -0.05) is 0 Å². The third-order valence-corrected chi connectivity index (χ3v) is 5.68. The average Bonchev–Trinajstić information content (AvgIpc) is 2.33. The molecule has 1 fully saturated rings. The standard InChI is InChI=1S/C13H18F2N2O2S/c1-8-5-12(15)13(7-11(8)14)20(18,19)17-4-3-10(16)6-9(17)2/h5,7,9-10H,3-4,6,16H2,1-2H3. The number of sulfonamides is 1. The maximum absolute atomic E-state index is 13.9. The molecule has 0 bridgehead atoms. The number of halogens is 2. The minimum atomic E-state index is -4.04. The van der Waals surface area contributed by atoms with Crippen LogP contribution < -0.4 is 5.73 Å². The van der Waals surface area contributed by atoms with Gasteiger partial charge in [0.1, 0.15) is 16.5 Å². The van der Waals surface area contributed by atoms with E-state index in [0.717, 1.165) is 12.1 Å². The number of rotatable bonds is 2. The molecule has 0 amide bonds. The first kappa shape index (κ1) is 15.3. The van der Waals surface area contributed by atoms with E-state index < -0.39 is 26.6 Å². The second-order valence-electron chi connectivity index (χ2n) is 5.28. The average molecular weight is 304 g/mol. The zero-order valence-electron chi connectivity index (χ0n) is 11.4. The fourth-order valence-electron chi connectivity index (χ4n) is 2.50. The monoisotopic (exact) mass is 304 g/mol. The lowest BCUT2D eigenvalue weighted by atomic mass is 10.0. The number of nitrogens with two attached hydrogens (primary N) is 1. The maximum atomic E-state index is 13.9. The maximum Gasteiger partial charge on any atom is 0.246 e. The summed E-state index contributed by atoms with van der Waals surface area (Å²) in [5.74, 6) is -1.66. The highest BCUT2D eigenvalue weighted by atomic mass is 32.2. The van der Waals surface area contributed by atoms with E-state index in [1.165, 1.54) is 11.2 Å². The highest BCUT2D eigenvalue weighted by Crippen LogP contribution is 2.27. The zero-order chi connectivity index (χ0) is 15.1. The van der Waals surface area contributed by atoms with Crippen molar-refractivity contribution in [3.63, 3.8) is 0 Å². The minimum Gasteiger partial charge on any atom is -0.328 e. The van der Waals surface area contributed by atoms with Crippen LogP contribution in [0.25, 0.3) is 0 Å². The molecule has 7 heteroatoms. The van der Waals surface area contributed by atoms with Crippen LogP contribution in [-0.4, -0.2) is 31.4 Å². The molecule has 1 aromatic rings. The number of piperidine rings is 1. The number of benzene rings is 1. The van der Waals surface area contributed by atoms with Gasteiger partial charge in [-0.15, -0.1) is 0 Å². The highest BCUT2D eigenvalue weighted by molar-refractivity contribution is 7.89. The molecule has 1 aliphatic rings. The van der Waals surface area contributed by atoms with Gasteiger partial charge < -0.3 is 5.73 Å². The molecule has 0 aliphatic carbocycles. The molecule has 2 rings (SSSR count). The van der Waals surface area contributed by atoms with E-state index in [1.54, 1.807) is 6.92 Å². The van der Waals surface area contributed by atoms with Crippen LogP contribution in [0.15, 0.2) is 17.0 Å². The van der Waals surface area contributed by atoms with Crippen LogP contribution in [0, 0.1) is 18.6 Å². The van der Waals surface area contributed by atoms with Crippen LogP contribution in [0.4, 0.5) is 8.78 Å². The van der Waals surface area contributed by atoms with Gasteiger partial charge >= 0.3 is 0 Å². The van der Waals surface area contributed by atoms with Crippen LogP contribution >= 0.6 is 0 Å². The lowest BCUT2D eigenvalue weighted by molar-refractivity contribution is 0.246. The first-order valence-electron chi connectivity index (χ1n) is 6.46. The molecular formula is C13H18F2N2O2S. The molecule has 1 aliphatic heterocycles. The first-order valence-corrected chi connectivity index (χ1v) is 7.90. The van der Waals surface area contributed by atoms with Crippen LogP contribution in [0.1, 0.15) is 25.3 Å². The van der Waals surface area contributed by atoms with Crippen molar-refractivity contribution in [2.45, 2.75) is 43.7 Å². The molecule has 0 saturated carbocycles. The molecule has 2 atom stereocenters. The number of nitrogens with zero attached hydrogens (tertiary/aromatic N) is 1. The summed E-state index contributed by atoms with van der Waals surface area (Å²) in [6.07, 6.45) is 1.02. The number of aryl methyl sites for hydroxylation is 1. The number of hydrogen-bond acceptors (Lipinski definition) is 3. The van der Waals surface area contributed by atoms with Crippen molar-refractivity contribution in [2.75, 3.05) is 6.54 Å². The molecule has 1 heterocycles. The van der Waals surface area contributed by atoms with Crippen LogP contribution in [0.5, 0.6) is 0 Å². The van der Waals surface area contributed by atoms with Crippen molar-refractivity contribution in [1.29, 1.82) is 0 Å². The van der Waals surface area contributed by atoms with Gasteiger partial charge in [-0.05, 0) is 44.4 Å². The van der Waals surface area contributed by atoms with Gasteiger partial charge in [0.2, 0.25) is 10.0 Å². The van der Waals surface area contributed by atoms with E-state index in [-0.39, 0.29) is 24.2 Å². The summed E-state index contributed by atoms with van der Waals surface area (Å²) in [5, 5.41) is 0. The Morgan fingerprint density at radius 2 is 1.95 bits per heavy atom. The van der Waals surface area contributed by atoms with E-state index >= 15 is 0 Å². The van der Waals surface area contributed by atoms with Crippen molar-refractivity contribution in [2.24, 2.45) is 5.73 Å². The smallest absolute Gasteiger partial charge is 0.246 e. The van der Waals surface area contributed by atoms with Gasteiger partial charge in [-0.25, -0.2) is 17.2 Å². The van der Waals surface area contributed by atoms with Gasteiger partial charge in [0.05, 0.1) is 0 Å². The normalized spacial score (nSPS) is 24.9. The Hall–Kier alpha value is -1.05. The minimum absolute atomic E-state index is 0.0592. The second kappa shape index (κ2) is 5.38. The van der Waals surface area contributed by atoms with E-state index in [0.29, 0.717) is 12.8 Å². The summed E-state index contributed by atoms with van der Waals surface area (Å²) in [6, 6.07) is 1.27. The molecule has 1 aromatic carbocycles. The van der Waals surface area contributed by atoms with Crippen molar-refractivity contribution < 1.29 is 17.2 Å². The predicted octanol–water partition coefficient (Wildman–Crippen LogP) is 1.77. The van der Waals surface area contributed by atoms with Crippen LogP contribution in [0.2, 0.25) is 0 Å². The Labute approximate surface area is 117 Å². The largest absolute Gasteiger partial charge is 0.328 e. The molecule has 0 spiro atoms. The third kappa shape index (κ3) is 2.70.